The van der Waals surface area contributed by atoms with Gasteiger partial charge in [0.15, 0.2) is 5.69 Å². The molecular formula is C14H22N4O. The largest absolute Gasteiger partial charge is 0.366 e. The molecule has 1 aromatic heterocycles. The second-order valence-electron chi connectivity index (χ2n) is 5.21. The average Bonchev–Trinajstić information content (AvgIpc) is 2.92. The Morgan fingerprint density at radius 3 is 2.68 bits per heavy atom. The van der Waals surface area contributed by atoms with Crippen LogP contribution in [0, 0.1) is 0 Å². The molecule has 5 heteroatoms. The summed E-state index contributed by atoms with van der Waals surface area (Å²) in [4.78, 5) is 11.8. The first-order valence-electron chi connectivity index (χ1n) is 7.10. The third-order valence-electron chi connectivity index (χ3n) is 3.59. The highest BCUT2D eigenvalue weighted by Gasteiger charge is 2.16. The molecule has 1 atom stereocenters. The molecule has 1 amide bonds. The van der Waals surface area contributed by atoms with Crippen molar-refractivity contribution in [2.24, 2.45) is 0 Å². The molecule has 1 aromatic rings. The number of aromatic nitrogens is 2. The minimum absolute atomic E-state index is 0.158. The molecule has 1 unspecified atom stereocenters. The van der Waals surface area contributed by atoms with Gasteiger partial charge in [-0.1, -0.05) is 19.8 Å². The summed E-state index contributed by atoms with van der Waals surface area (Å²) in [5, 5.41) is 14.3. The second kappa shape index (κ2) is 6.50. The highest BCUT2D eigenvalue weighted by atomic mass is 16.2. The molecule has 1 fully saturated rings. The van der Waals surface area contributed by atoms with Crippen molar-refractivity contribution in [1.29, 1.82) is 0 Å². The Morgan fingerprint density at radius 1 is 1.37 bits per heavy atom. The highest BCUT2D eigenvalue weighted by Crippen LogP contribution is 2.20. The molecule has 1 aliphatic rings. The summed E-state index contributed by atoms with van der Waals surface area (Å²) >= 11 is 0. The fourth-order valence-corrected chi connectivity index (χ4v) is 2.21. The zero-order valence-electron chi connectivity index (χ0n) is 11.6. The topological polar surface area (TPSA) is 66.9 Å². The molecule has 0 spiro atoms. The molecule has 0 radical (unpaired) electrons. The van der Waals surface area contributed by atoms with E-state index in [9.17, 15) is 4.79 Å². The Kier molecular flexibility index (Phi) is 4.71. The van der Waals surface area contributed by atoms with Crippen LogP contribution in [0.1, 0.15) is 56.4 Å². The lowest BCUT2D eigenvalue weighted by Crippen LogP contribution is -2.32. The molecule has 2 rings (SSSR count). The number of nitrogens with one attached hydrogen (secondary N) is 2. The smallest absolute Gasteiger partial charge is 0.272 e. The molecule has 0 aromatic carbocycles. The van der Waals surface area contributed by atoms with Gasteiger partial charge in [-0.25, -0.2) is 0 Å². The van der Waals surface area contributed by atoms with Crippen molar-refractivity contribution < 1.29 is 4.79 Å². The number of carbonyl (C=O) groups excluding carboxylic acids is 1. The van der Waals surface area contributed by atoms with E-state index in [1.54, 1.807) is 6.07 Å². The van der Waals surface area contributed by atoms with E-state index in [1.807, 2.05) is 19.9 Å². The monoisotopic (exact) mass is 262 g/mol. The zero-order chi connectivity index (χ0) is 13.7. The molecule has 1 heterocycles. The van der Waals surface area contributed by atoms with Gasteiger partial charge in [0.2, 0.25) is 0 Å². The molecule has 19 heavy (non-hydrogen) atoms. The third-order valence-corrected chi connectivity index (χ3v) is 3.59. The normalized spacial score (nSPS) is 17.2. The van der Waals surface area contributed by atoms with Crippen LogP contribution >= 0.6 is 0 Å². The van der Waals surface area contributed by atoms with E-state index in [-0.39, 0.29) is 11.9 Å². The summed E-state index contributed by atoms with van der Waals surface area (Å²) in [5.41, 5.74) is 0.372. The SMILES string of the molecule is CCC(C)NC(=O)c1ccc(NC2CCCC2)nn1. The Morgan fingerprint density at radius 2 is 2.11 bits per heavy atom. The van der Waals surface area contributed by atoms with Crippen LogP contribution in [-0.2, 0) is 0 Å². The van der Waals surface area contributed by atoms with Crippen molar-refractivity contribution in [2.75, 3.05) is 5.32 Å². The molecule has 0 bridgehead atoms. The van der Waals surface area contributed by atoms with E-state index in [1.165, 1.54) is 25.7 Å². The van der Waals surface area contributed by atoms with Crippen molar-refractivity contribution in [3.05, 3.63) is 17.8 Å². The Hall–Kier alpha value is -1.65. The minimum atomic E-state index is -0.158. The molecule has 104 valence electrons. The number of amides is 1. The number of hydrogen-bond donors (Lipinski definition) is 2. The van der Waals surface area contributed by atoms with Gasteiger partial charge in [-0.05, 0) is 38.3 Å². The first kappa shape index (κ1) is 13.8. The lowest BCUT2D eigenvalue weighted by molar-refractivity contribution is 0.0933. The maximum absolute atomic E-state index is 11.8. The summed E-state index contributed by atoms with van der Waals surface area (Å²) in [6, 6.07) is 4.22. The highest BCUT2D eigenvalue weighted by molar-refractivity contribution is 5.92. The summed E-state index contributed by atoms with van der Waals surface area (Å²) < 4.78 is 0. The maximum atomic E-state index is 11.8. The van der Waals surface area contributed by atoms with Gasteiger partial charge in [-0.15, -0.1) is 10.2 Å². The Bertz CT molecular complexity index is 412. The van der Waals surface area contributed by atoms with Crippen LogP contribution in [-0.4, -0.2) is 28.2 Å². The Labute approximate surface area is 114 Å². The first-order chi connectivity index (χ1) is 9.19. The van der Waals surface area contributed by atoms with Gasteiger partial charge in [0, 0.05) is 12.1 Å². The van der Waals surface area contributed by atoms with Gasteiger partial charge >= 0.3 is 0 Å². The van der Waals surface area contributed by atoms with Gasteiger partial charge in [0.25, 0.3) is 5.91 Å². The predicted molar refractivity (Wildman–Crippen MR) is 75.1 cm³/mol. The quantitative estimate of drug-likeness (QED) is 0.855. The number of rotatable bonds is 5. The third kappa shape index (κ3) is 3.91. The zero-order valence-corrected chi connectivity index (χ0v) is 11.6. The van der Waals surface area contributed by atoms with Crippen molar-refractivity contribution in [2.45, 2.75) is 58.0 Å². The fourth-order valence-electron chi connectivity index (χ4n) is 2.21. The maximum Gasteiger partial charge on any atom is 0.272 e. The molecular weight excluding hydrogens is 240 g/mol. The summed E-state index contributed by atoms with van der Waals surface area (Å²) in [5.74, 6) is 0.598. The molecule has 5 nitrogen and oxygen atoms in total. The van der Waals surface area contributed by atoms with E-state index in [4.69, 9.17) is 0 Å². The van der Waals surface area contributed by atoms with Gasteiger partial charge in [-0.2, -0.15) is 0 Å². The molecule has 0 aliphatic heterocycles. The summed E-state index contributed by atoms with van der Waals surface area (Å²) in [6.45, 7) is 4.01. The van der Waals surface area contributed by atoms with Gasteiger partial charge < -0.3 is 10.6 Å². The van der Waals surface area contributed by atoms with Crippen LogP contribution in [0.15, 0.2) is 12.1 Å². The first-order valence-corrected chi connectivity index (χ1v) is 7.10. The van der Waals surface area contributed by atoms with Crippen molar-refractivity contribution in [1.82, 2.24) is 15.5 Å². The van der Waals surface area contributed by atoms with Crippen LogP contribution < -0.4 is 10.6 Å². The summed E-state index contributed by atoms with van der Waals surface area (Å²) in [7, 11) is 0. The minimum Gasteiger partial charge on any atom is -0.366 e. The van der Waals surface area contributed by atoms with Crippen molar-refractivity contribution >= 4 is 11.7 Å². The molecule has 2 N–H and O–H groups in total. The predicted octanol–water partition coefficient (Wildman–Crippen LogP) is 2.36. The van der Waals surface area contributed by atoms with Gasteiger partial charge in [-0.3, -0.25) is 4.79 Å². The van der Waals surface area contributed by atoms with E-state index in [0.717, 1.165) is 12.2 Å². The standard InChI is InChI=1S/C14H22N4O/c1-3-10(2)15-14(19)12-8-9-13(18-17-12)16-11-6-4-5-7-11/h8-11H,3-7H2,1-2H3,(H,15,19)(H,16,18). The fraction of sp³-hybridized carbons (Fsp3) is 0.643. The van der Waals surface area contributed by atoms with Crippen molar-refractivity contribution in [3.8, 4) is 0 Å². The second-order valence-corrected chi connectivity index (χ2v) is 5.21. The molecule has 0 saturated heterocycles. The van der Waals surface area contributed by atoms with E-state index in [0.29, 0.717) is 11.7 Å². The van der Waals surface area contributed by atoms with Gasteiger partial charge in [0.1, 0.15) is 5.82 Å². The average molecular weight is 262 g/mol. The van der Waals surface area contributed by atoms with Crippen LogP contribution in [0.5, 0.6) is 0 Å². The lowest BCUT2D eigenvalue weighted by Gasteiger charge is -2.13. The number of carbonyl (C=O) groups is 1. The molecule has 1 aliphatic carbocycles. The van der Waals surface area contributed by atoms with E-state index in [2.05, 4.69) is 20.8 Å². The summed E-state index contributed by atoms with van der Waals surface area (Å²) in [6.07, 6.45) is 5.84. The van der Waals surface area contributed by atoms with E-state index < -0.39 is 0 Å². The van der Waals surface area contributed by atoms with E-state index >= 15 is 0 Å². The van der Waals surface area contributed by atoms with Crippen LogP contribution in [0.4, 0.5) is 5.82 Å². The lowest BCUT2D eigenvalue weighted by atomic mass is 10.2. The van der Waals surface area contributed by atoms with Crippen LogP contribution in [0.3, 0.4) is 0 Å². The molecule has 1 saturated carbocycles. The number of anilines is 1. The number of nitrogens with zero attached hydrogens (tertiary/aromatic N) is 2. The van der Waals surface area contributed by atoms with Crippen LogP contribution in [0.2, 0.25) is 0 Å². The van der Waals surface area contributed by atoms with Crippen LogP contribution in [0.25, 0.3) is 0 Å². The van der Waals surface area contributed by atoms with Gasteiger partial charge in [0.05, 0.1) is 0 Å². The Balaban J connectivity index is 1.91. The number of hydrogen-bond acceptors (Lipinski definition) is 4. The van der Waals surface area contributed by atoms with Crippen molar-refractivity contribution in [3.63, 3.8) is 0 Å².